The molecular weight excluding hydrogens is 221 g/mol. The van der Waals surface area contributed by atoms with Gasteiger partial charge < -0.3 is 4.74 Å². The van der Waals surface area contributed by atoms with Gasteiger partial charge in [-0.15, -0.1) is 0 Å². The number of ether oxygens (including phenoxy) is 1. The van der Waals surface area contributed by atoms with E-state index in [0.29, 0.717) is 0 Å². The number of hydrogen-bond acceptors (Lipinski definition) is 2. The minimum atomic E-state index is -4.36. The summed E-state index contributed by atoms with van der Waals surface area (Å²) in [6.07, 6.45) is -5.01. The fourth-order valence-corrected chi connectivity index (χ4v) is 1.01. The maximum atomic E-state index is 12.2. The van der Waals surface area contributed by atoms with Crippen molar-refractivity contribution >= 4 is 5.78 Å². The second kappa shape index (κ2) is 4.55. The summed E-state index contributed by atoms with van der Waals surface area (Å²) in [6.45, 7) is 2.90. The quantitative estimate of drug-likeness (QED) is 0.800. The summed E-state index contributed by atoms with van der Waals surface area (Å²) in [5.74, 6) is 0.0654. The summed E-state index contributed by atoms with van der Waals surface area (Å²) in [7, 11) is 0. The van der Waals surface area contributed by atoms with Crippen molar-refractivity contribution in [2.45, 2.75) is 26.1 Å². The smallest absolute Gasteiger partial charge is 0.416 e. The lowest BCUT2D eigenvalue weighted by Gasteiger charge is -2.12. The van der Waals surface area contributed by atoms with E-state index in [9.17, 15) is 18.0 Å². The lowest BCUT2D eigenvalue weighted by atomic mass is 10.2. The van der Waals surface area contributed by atoms with Crippen LogP contribution in [0.2, 0.25) is 0 Å². The van der Waals surface area contributed by atoms with E-state index in [2.05, 4.69) is 0 Å². The Kier molecular flexibility index (Phi) is 3.57. The largest absolute Gasteiger partial charge is 0.483 e. The van der Waals surface area contributed by atoms with E-state index < -0.39 is 17.8 Å². The molecule has 16 heavy (non-hydrogen) atoms. The van der Waals surface area contributed by atoms with Crippen LogP contribution in [0.5, 0.6) is 5.75 Å². The SMILES string of the molecule is CC(=O)C(C)Oc1ccc(C(F)(F)F)cc1. The third-order valence-corrected chi connectivity index (χ3v) is 2.07. The molecular formula is C11H11F3O2. The van der Waals surface area contributed by atoms with Gasteiger partial charge in [0, 0.05) is 0 Å². The summed E-state index contributed by atoms with van der Waals surface area (Å²) >= 11 is 0. The lowest BCUT2D eigenvalue weighted by molar-refractivity contribution is -0.137. The highest BCUT2D eigenvalue weighted by molar-refractivity contribution is 5.80. The van der Waals surface area contributed by atoms with Crippen LogP contribution in [-0.4, -0.2) is 11.9 Å². The number of alkyl halides is 3. The fourth-order valence-electron chi connectivity index (χ4n) is 1.01. The Morgan fingerprint density at radius 2 is 1.75 bits per heavy atom. The molecule has 5 heteroatoms. The number of ketones is 1. The van der Waals surface area contributed by atoms with E-state index in [4.69, 9.17) is 4.74 Å². The Bertz CT molecular complexity index is 368. The van der Waals surface area contributed by atoms with Crippen LogP contribution < -0.4 is 4.74 Å². The van der Waals surface area contributed by atoms with E-state index >= 15 is 0 Å². The van der Waals surface area contributed by atoms with Crippen LogP contribution in [-0.2, 0) is 11.0 Å². The van der Waals surface area contributed by atoms with Crippen molar-refractivity contribution in [3.05, 3.63) is 29.8 Å². The van der Waals surface area contributed by atoms with Gasteiger partial charge in [0.05, 0.1) is 5.56 Å². The average molecular weight is 232 g/mol. The molecule has 1 atom stereocenters. The van der Waals surface area contributed by atoms with Gasteiger partial charge >= 0.3 is 6.18 Å². The summed E-state index contributed by atoms with van der Waals surface area (Å²) in [6, 6.07) is 4.23. The maximum absolute atomic E-state index is 12.2. The molecule has 0 saturated carbocycles. The molecule has 0 aliphatic rings. The van der Waals surface area contributed by atoms with Crippen LogP contribution in [0.15, 0.2) is 24.3 Å². The highest BCUT2D eigenvalue weighted by Crippen LogP contribution is 2.30. The normalized spacial score (nSPS) is 13.3. The van der Waals surface area contributed by atoms with E-state index in [1.165, 1.54) is 19.1 Å². The first kappa shape index (κ1) is 12.5. The van der Waals surface area contributed by atoms with Crippen LogP contribution >= 0.6 is 0 Å². The van der Waals surface area contributed by atoms with Crippen molar-refractivity contribution in [1.82, 2.24) is 0 Å². The predicted octanol–water partition coefficient (Wildman–Crippen LogP) is 3.06. The number of Topliss-reactive ketones (excluding diaryl/α,β-unsaturated/α-hetero) is 1. The molecule has 1 unspecified atom stereocenters. The number of carbonyl (C=O) groups is 1. The molecule has 0 spiro atoms. The van der Waals surface area contributed by atoms with Gasteiger partial charge in [-0.1, -0.05) is 0 Å². The van der Waals surface area contributed by atoms with Gasteiger partial charge in [-0.05, 0) is 38.1 Å². The molecule has 0 saturated heterocycles. The Balaban J connectivity index is 2.76. The van der Waals surface area contributed by atoms with E-state index in [1.54, 1.807) is 6.92 Å². The summed E-state index contributed by atoms with van der Waals surface area (Å²) in [5, 5.41) is 0. The van der Waals surface area contributed by atoms with Crippen molar-refractivity contribution in [2.75, 3.05) is 0 Å². The van der Waals surface area contributed by atoms with E-state index in [0.717, 1.165) is 12.1 Å². The number of halogens is 3. The lowest BCUT2D eigenvalue weighted by Crippen LogP contribution is -2.20. The molecule has 88 valence electrons. The maximum Gasteiger partial charge on any atom is 0.416 e. The number of hydrogen-bond donors (Lipinski definition) is 0. The van der Waals surface area contributed by atoms with Gasteiger partial charge in [0.1, 0.15) is 5.75 Å². The van der Waals surface area contributed by atoms with E-state index in [1.807, 2.05) is 0 Å². The molecule has 0 amide bonds. The molecule has 0 aliphatic heterocycles. The van der Waals surface area contributed by atoms with Crippen LogP contribution in [0.3, 0.4) is 0 Å². The minimum absolute atomic E-state index is 0.181. The molecule has 1 aromatic rings. The third-order valence-electron chi connectivity index (χ3n) is 2.07. The van der Waals surface area contributed by atoms with E-state index in [-0.39, 0.29) is 11.5 Å². The molecule has 0 aromatic heterocycles. The summed E-state index contributed by atoms with van der Waals surface area (Å²) < 4.78 is 41.8. The van der Waals surface area contributed by atoms with Gasteiger partial charge in [-0.25, -0.2) is 0 Å². The number of benzene rings is 1. The summed E-state index contributed by atoms with van der Waals surface area (Å²) in [4.78, 5) is 10.9. The van der Waals surface area contributed by atoms with Gasteiger partial charge in [-0.2, -0.15) is 13.2 Å². The molecule has 1 aromatic carbocycles. The Hall–Kier alpha value is -1.52. The van der Waals surface area contributed by atoms with Crippen LogP contribution in [0.4, 0.5) is 13.2 Å². The zero-order valence-corrected chi connectivity index (χ0v) is 8.84. The molecule has 0 aliphatic carbocycles. The van der Waals surface area contributed by atoms with Crippen molar-refractivity contribution < 1.29 is 22.7 Å². The molecule has 0 bridgehead atoms. The van der Waals surface area contributed by atoms with Gasteiger partial charge in [0.15, 0.2) is 11.9 Å². The van der Waals surface area contributed by atoms with Crippen molar-refractivity contribution in [2.24, 2.45) is 0 Å². The molecule has 0 heterocycles. The van der Waals surface area contributed by atoms with Crippen LogP contribution in [0, 0.1) is 0 Å². The predicted molar refractivity (Wildman–Crippen MR) is 52.2 cm³/mol. The van der Waals surface area contributed by atoms with Crippen LogP contribution in [0.25, 0.3) is 0 Å². The molecule has 0 radical (unpaired) electrons. The molecule has 0 N–H and O–H groups in total. The van der Waals surface area contributed by atoms with Gasteiger partial charge in [-0.3, -0.25) is 4.79 Å². The van der Waals surface area contributed by atoms with Crippen molar-refractivity contribution in [3.63, 3.8) is 0 Å². The number of rotatable bonds is 3. The first-order valence-corrected chi connectivity index (χ1v) is 4.65. The zero-order chi connectivity index (χ0) is 12.3. The minimum Gasteiger partial charge on any atom is -0.483 e. The highest BCUT2D eigenvalue weighted by Gasteiger charge is 2.30. The first-order valence-electron chi connectivity index (χ1n) is 4.65. The Labute approximate surface area is 91.0 Å². The highest BCUT2D eigenvalue weighted by atomic mass is 19.4. The monoisotopic (exact) mass is 232 g/mol. The Morgan fingerprint density at radius 1 is 1.25 bits per heavy atom. The zero-order valence-electron chi connectivity index (χ0n) is 8.84. The topological polar surface area (TPSA) is 26.3 Å². The van der Waals surface area contributed by atoms with Gasteiger partial charge in [0.25, 0.3) is 0 Å². The number of carbonyl (C=O) groups excluding carboxylic acids is 1. The standard InChI is InChI=1S/C11H11F3O2/c1-7(15)8(2)16-10-5-3-9(4-6-10)11(12,13)14/h3-6,8H,1-2H3. The van der Waals surface area contributed by atoms with Crippen molar-refractivity contribution in [1.29, 1.82) is 0 Å². The second-order valence-corrected chi connectivity index (χ2v) is 3.39. The summed E-state index contributed by atoms with van der Waals surface area (Å²) in [5.41, 5.74) is -0.740. The average Bonchev–Trinajstić information content (AvgIpc) is 2.17. The second-order valence-electron chi connectivity index (χ2n) is 3.39. The molecule has 2 nitrogen and oxygen atoms in total. The van der Waals surface area contributed by atoms with Gasteiger partial charge in [0.2, 0.25) is 0 Å². The Morgan fingerprint density at radius 3 is 2.12 bits per heavy atom. The van der Waals surface area contributed by atoms with Crippen molar-refractivity contribution in [3.8, 4) is 5.75 Å². The van der Waals surface area contributed by atoms with Crippen LogP contribution in [0.1, 0.15) is 19.4 Å². The fraction of sp³-hybridized carbons (Fsp3) is 0.364. The first-order chi connectivity index (χ1) is 7.30. The third kappa shape index (κ3) is 3.25. The molecule has 0 fully saturated rings. The molecule has 1 rings (SSSR count).